The van der Waals surface area contributed by atoms with E-state index in [-0.39, 0.29) is 12.0 Å². The van der Waals surface area contributed by atoms with Gasteiger partial charge in [-0.2, -0.15) is 0 Å². The number of benzene rings is 1. The molecule has 0 N–H and O–H groups in total. The average molecular weight is 382 g/mol. The Morgan fingerprint density at radius 2 is 2.24 bits per heavy atom. The number of aromatic nitrogens is 2. The molecule has 1 aromatic carbocycles. The van der Waals surface area contributed by atoms with Crippen molar-refractivity contribution in [2.75, 3.05) is 13.2 Å². The molecule has 25 heavy (non-hydrogen) atoms. The fourth-order valence-electron chi connectivity index (χ4n) is 2.98. The number of rotatable bonds is 6. The van der Waals surface area contributed by atoms with Crippen molar-refractivity contribution in [1.82, 2.24) is 14.5 Å². The van der Waals surface area contributed by atoms with E-state index < -0.39 is 0 Å². The number of amides is 1. The topological polar surface area (TPSA) is 47.4 Å². The highest BCUT2D eigenvalue weighted by molar-refractivity contribution is 6.42. The van der Waals surface area contributed by atoms with E-state index in [1.54, 1.807) is 24.1 Å². The minimum Gasteiger partial charge on any atom is -0.376 e. The molecule has 2 aromatic rings. The number of halogens is 2. The fraction of sp³-hybridized carbons (Fsp3) is 0.444. The average Bonchev–Trinajstić information content (AvgIpc) is 3.23. The summed E-state index contributed by atoms with van der Waals surface area (Å²) in [6, 6.07) is 5.57. The number of nitrogens with zero attached hydrogens (tertiary/aromatic N) is 3. The Kier molecular flexibility index (Phi) is 5.99. The van der Waals surface area contributed by atoms with E-state index in [4.69, 9.17) is 27.9 Å². The van der Waals surface area contributed by atoms with Crippen molar-refractivity contribution in [1.29, 1.82) is 0 Å². The van der Waals surface area contributed by atoms with Gasteiger partial charge in [0.25, 0.3) is 0 Å². The molecule has 1 amide bonds. The monoisotopic (exact) mass is 381 g/mol. The van der Waals surface area contributed by atoms with Gasteiger partial charge < -0.3 is 14.2 Å². The number of hydrogen-bond donors (Lipinski definition) is 0. The number of hydrogen-bond acceptors (Lipinski definition) is 3. The summed E-state index contributed by atoms with van der Waals surface area (Å²) in [7, 11) is 0. The summed E-state index contributed by atoms with van der Waals surface area (Å²) >= 11 is 12.1. The zero-order valence-corrected chi connectivity index (χ0v) is 15.6. The van der Waals surface area contributed by atoms with Crippen molar-refractivity contribution in [3.05, 3.63) is 52.0 Å². The molecule has 0 bridgehead atoms. The van der Waals surface area contributed by atoms with E-state index in [2.05, 4.69) is 4.98 Å². The zero-order chi connectivity index (χ0) is 17.8. The summed E-state index contributed by atoms with van der Waals surface area (Å²) in [5.41, 5.74) is 1.03. The van der Waals surface area contributed by atoms with Crippen molar-refractivity contribution < 1.29 is 9.53 Å². The van der Waals surface area contributed by atoms with Crippen LogP contribution in [0, 0.1) is 0 Å². The van der Waals surface area contributed by atoms with Gasteiger partial charge in [0.15, 0.2) is 0 Å². The third kappa shape index (κ3) is 4.75. The van der Waals surface area contributed by atoms with Crippen LogP contribution in [0.4, 0.5) is 0 Å². The number of carbonyl (C=O) groups excluding carboxylic acids is 1. The molecule has 1 aliphatic heterocycles. The second kappa shape index (κ2) is 8.21. The number of imidazole rings is 1. The molecule has 0 spiro atoms. The van der Waals surface area contributed by atoms with Crippen LogP contribution in [0.5, 0.6) is 0 Å². The van der Waals surface area contributed by atoms with Crippen LogP contribution in [0.3, 0.4) is 0 Å². The Balaban J connectivity index is 1.70. The van der Waals surface area contributed by atoms with Crippen LogP contribution in [0.15, 0.2) is 30.6 Å². The van der Waals surface area contributed by atoms with E-state index in [1.807, 2.05) is 22.9 Å². The predicted molar refractivity (Wildman–Crippen MR) is 97.9 cm³/mol. The molecule has 0 aliphatic carbocycles. The first-order valence-electron chi connectivity index (χ1n) is 8.34. The molecule has 1 fully saturated rings. The maximum Gasteiger partial charge on any atom is 0.219 e. The van der Waals surface area contributed by atoms with Crippen molar-refractivity contribution in [3.63, 3.8) is 0 Å². The smallest absolute Gasteiger partial charge is 0.219 e. The summed E-state index contributed by atoms with van der Waals surface area (Å²) in [4.78, 5) is 18.2. The molecule has 5 nitrogen and oxygen atoms in total. The van der Waals surface area contributed by atoms with Crippen LogP contribution < -0.4 is 0 Å². The highest BCUT2D eigenvalue weighted by Gasteiger charge is 2.22. The summed E-state index contributed by atoms with van der Waals surface area (Å²) in [6.45, 7) is 4.06. The summed E-state index contributed by atoms with van der Waals surface area (Å²) < 4.78 is 7.67. The van der Waals surface area contributed by atoms with Gasteiger partial charge in [-0.05, 0) is 30.5 Å². The van der Waals surface area contributed by atoms with Gasteiger partial charge in [-0.25, -0.2) is 4.98 Å². The van der Waals surface area contributed by atoms with Crippen LogP contribution in [0.25, 0.3) is 0 Å². The van der Waals surface area contributed by atoms with Crippen LogP contribution in [-0.2, 0) is 22.6 Å². The van der Waals surface area contributed by atoms with Gasteiger partial charge in [-0.3, -0.25) is 4.79 Å². The van der Waals surface area contributed by atoms with Crippen LogP contribution >= 0.6 is 23.2 Å². The van der Waals surface area contributed by atoms with Crippen LogP contribution in [0.2, 0.25) is 10.0 Å². The minimum atomic E-state index is 0.0274. The normalized spacial score (nSPS) is 17.0. The molecule has 1 atom stereocenters. The highest BCUT2D eigenvalue weighted by Crippen LogP contribution is 2.23. The van der Waals surface area contributed by atoms with Gasteiger partial charge in [0.05, 0.1) is 22.7 Å². The molecule has 134 valence electrons. The van der Waals surface area contributed by atoms with E-state index in [9.17, 15) is 4.79 Å². The lowest BCUT2D eigenvalue weighted by molar-refractivity contribution is -0.131. The maximum atomic E-state index is 12.0. The Bertz CT molecular complexity index is 742. The van der Waals surface area contributed by atoms with Crippen LogP contribution in [-0.4, -0.2) is 39.6 Å². The van der Waals surface area contributed by atoms with E-state index >= 15 is 0 Å². The first kappa shape index (κ1) is 18.2. The Hall–Kier alpha value is -1.56. The summed E-state index contributed by atoms with van der Waals surface area (Å²) in [6.07, 6.45) is 5.84. The fourth-order valence-corrected chi connectivity index (χ4v) is 3.30. The molecule has 0 saturated carbocycles. The van der Waals surface area contributed by atoms with Gasteiger partial charge >= 0.3 is 0 Å². The second-order valence-electron chi connectivity index (χ2n) is 6.25. The van der Waals surface area contributed by atoms with E-state index in [0.717, 1.165) is 30.8 Å². The lowest BCUT2D eigenvalue weighted by Crippen LogP contribution is -2.36. The molecule has 1 unspecified atom stereocenters. The van der Waals surface area contributed by atoms with Crippen molar-refractivity contribution >= 4 is 29.1 Å². The Labute approximate surface area is 157 Å². The van der Waals surface area contributed by atoms with Gasteiger partial charge in [0, 0.05) is 39.0 Å². The van der Waals surface area contributed by atoms with Gasteiger partial charge in [-0.1, -0.05) is 29.3 Å². The SMILES string of the molecule is CC(=O)N(Cc1nccn1Cc1ccc(Cl)c(Cl)c1)CC1CCCO1. The molecule has 3 rings (SSSR count). The van der Waals surface area contributed by atoms with Gasteiger partial charge in [0.1, 0.15) is 5.82 Å². The van der Waals surface area contributed by atoms with Gasteiger partial charge in [0.2, 0.25) is 5.91 Å². The first-order chi connectivity index (χ1) is 12.0. The molecule has 2 heterocycles. The number of carbonyl (C=O) groups is 1. The molecule has 1 saturated heterocycles. The molecular weight excluding hydrogens is 361 g/mol. The third-order valence-electron chi connectivity index (χ3n) is 4.36. The van der Waals surface area contributed by atoms with Crippen LogP contribution in [0.1, 0.15) is 31.2 Å². The lowest BCUT2D eigenvalue weighted by atomic mass is 10.2. The van der Waals surface area contributed by atoms with Crippen molar-refractivity contribution in [2.45, 2.75) is 39.0 Å². The third-order valence-corrected chi connectivity index (χ3v) is 5.10. The molecule has 7 heteroatoms. The molecular formula is C18H21Cl2N3O2. The number of ether oxygens (including phenoxy) is 1. The maximum absolute atomic E-state index is 12.0. The van der Waals surface area contributed by atoms with Crippen molar-refractivity contribution in [2.24, 2.45) is 0 Å². The molecule has 1 aliphatic rings. The largest absolute Gasteiger partial charge is 0.376 e. The minimum absolute atomic E-state index is 0.0274. The quantitative estimate of drug-likeness (QED) is 0.764. The Morgan fingerprint density at radius 3 is 2.92 bits per heavy atom. The Morgan fingerprint density at radius 1 is 1.40 bits per heavy atom. The van der Waals surface area contributed by atoms with E-state index in [0.29, 0.717) is 29.7 Å². The molecule has 0 radical (unpaired) electrons. The lowest BCUT2D eigenvalue weighted by Gasteiger charge is -2.24. The van der Waals surface area contributed by atoms with Gasteiger partial charge in [-0.15, -0.1) is 0 Å². The predicted octanol–water partition coefficient (Wildman–Crippen LogP) is 3.77. The summed E-state index contributed by atoms with van der Waals surface area (Å²) in [5, 5.41) is 1.07. The zero-order valence-electron chi connectivity index (χ0n) is 14.1. The highest BCUT2D eigenvalue weighted by atomic mass is 35.5. The van der Waals surface area contributed by atoms with E-state index in [1.165, 1.54) is 0 Å². The standard InChI is InChI=1S/C18H21Cl2N3O2/c1-13(24)23(11-15-3-2-8-25-15)12-18-21-6-7-22(18)10-14-4-5-16(19)17(20)9-14/h4-7,9,15H,2-3,8,10-12H2,1H3. The first-order valence-corrected chi connectivity index (χ1v) is 9.09. The molecule has 1 aromatic heterocycles. The second-order valence-corrected chi connectivity index (χ2v) is 7.07. The summed E-state index contributed by atoms with van der Waals surface area (Å²) in [5.74, 6) is 0.860. The van der Waals surface area contributed by atoms with Crippen molar-refractivity contribution in [3.8, 4) is 0 Å².